The molecule has 1 amide bonds. The van der Waals surface area contributed by atoms with Crippen LogP contribution in [-0.2, 0) is 24.1 Å². The highest BCUT2D eigenvalue weighted by Gasteiger charge is 2.29. The Hall–Kier alpha value is -4.17. The molecule has 224 valence electrons. The van der Waals surface area contributed by atoms with Crippen molar-refractivity contribution in [1.29, 1.82) is 0 Å². The SMILES string of the molecule is O=C(N[C@@H](Cc1ccccc1)[C@H](Cc1ccccc1)n1cc(CN2CCN(c3ccccc3)CC2)nn1)OC1CCCC1. The van der Waals surface area contributed by atoms with Crippen LogP contribution in [0.2, 0.25) is 0 Å². The van der Waals surface area contributed by atoms with Gasteiger partial charge in [0.2, 0.25) is 0 Å². The van der Waals surface area contributed by atoms with E-state index in [4.69, 9.17) is 4.74 Å². The Labute approximate surface area is 254 Å². The molecule has 2 aliphatic rings. The number of hydrogen-bond donors (Lipinski definition) is 1. The minimum atomic E-state index is -0.345. The molecule has 1 aliphatic heterocycles. The molecule has 43 heavy (non-hydrogen) atoms. The number of hydrogen-bond acceptors (Lipinski definition) is 6. The summed E-state index contributed by atoms with van der Waals surface area (Å²) in [7, 11) is 0. The number of amides is 1. The molecule has 1 aliphatic carbocycles. The summed E-state index contributed by atoms with van der Waals surface area (Å²) in [4.78, 5) is 18.1. The van der Waals surface area contributed by atoms with E-state index in [0.717, 1.165) is 69.7 Å². The number of para-hydroxylation sites is 1. The van der Waals surface area contributed by atoms with Crippen molar-refractivity contribution in [3.8, 4) is 0 Å². The van der Waals surface area contributed by atoms with E-state index in [2.05, 4.69) is 98.4 Å². The zero-order valence-electron chi connectivity index (χ0n) is 24.8. The van der Waals surface area contributed by atoms with Crippen LogP contribution in [0.3, 0.4) is 0 Å². The van der Waals surface area contributed by atoms with Crippen LogP contribution in [0, 0.1) is 0 Å². The van der Waals surface area contributed by atoms with Gasteiger partial charge >= 0.3 is 6.09 Å². The lowest BCUT2D eigenvalue weighted by molar-refractivity contribution is 0.0946. The second kappa shape index (κ2) is 14.3. The van der Waals surface area contributed by atoms with Crippen LogP contribution in [0.1, 0.15) is 48.5 Å². The van der Waals surface area contributed by atoms with Gasteiger partial charge in [-0.2, -0.15) is 0 Å². The van der Waals surface area contributed by atoms with E-state index >= 15 is 0 Å². The Balaban J connectivity index is 1.19. The van der Waals surface area contributed by atoms with E-state index in [0.29, 0.717) is 12.8 Å². The molecule has 4 aromatic rings. The molecule has 2 fully saturated rings. The molecule has 1 aromatic heterocycles. The lowest BCUT2D eigenvalue weighted by atomic mass is 9.94. The molecule has 1 N–H and O–H groups in total. The van der Waals surface area contributed by atoms with Gasteiger partial charge in [-0.25, -0.2) is 9.48 Å². The molecule has 8 nitrogen and oxygen atoms in total. The number of aromatic nitrogens is 3. The monoisotopic (exact) mass is 578 g/mol. The summed E-state index contributed by atoms with van der Waals surface area (Å²) in [5, 5.41) is 12.5. The summed E-state index contributed by atoms with van der Waals surface area (Å²) in [6, 6.07) is 31.0. The van der Waals surface area contributed by atoms with Gasteiger partial charge in [-0.05, 0) is 61.8 Å². The molecule has 0 bridgehead atoms. The maximum absolute atomic E-state index is 13.2. The third-order valence-electron chi connectivity index (χ3n) is 8.71. The summed E-state index contributed by atoms with van der Waals surface area (Å²) in [5.74, 6) is 0. The Morgan fingerprint density at radius 3 is 2.07 bits per heavy atom. The van der Waals surface area contributed by atoms with Gasteiger partial charge in [0, 0.05) is 38.4 Å². The highest BCUT2D eigenvalue weighted by Crippen LogP contribution is 2.24. The topological polar surface area (TPSA) is 75.5 Å². The molecule has 1 saturated heterocycles. The van der Waals surface area contributed by atoms with E-state index in [1.54, 1.807) is 0 Å². The smallest absolute Gasteiger partial charge is 0.407 e. The molecule has 0 spiro atoms. The molecular formula is C35H42N6O2. The largest absolute Gasteiger partial charge is 0.446 e. The molecular weight excluding hydrogens is 536 g/mol. The predicted molar refractivity (Wildman–Crippen MR) is 169 cm³/mol. The van der Waals surface area contributed by atoms with E-state index in [-0.39, 0.29) is 24.3 Å². The molecule has 3 aromatic carbocycles. The predicted octanol–water partition coefficient (Wildman–Crippen LogP) is 5.66. The average molecular weight is 579 g/mol. The molecule has 8 heteroatoms. The van der Waals surface area contributed by atoms with Crippen LogP contribution >= 0.6 is 0 Å². The molecule has 0 radical (unpaired) electrons. The maximum Gasteiger partial charge on any atom is 0.407 e. The second-order valence-electron chi connectivity index (χ2n) is 11.8. The van der Waals surface area contributed by atoms with Crippen molar-refractivity contribution in [1.82, 2.24) is 25.2 Å². The fraction of sp³-hybridized carbons (Fsp3) is 0.400. The standard InChI is InChI=1S/C35H42N6O2/c42-35(43-32-18-10-11-19-32)36-33(24-28-12-4-1-5-13-28)34(25-29-14-6-2-7-15-29)41-27-30(37-38-41)26-39-20-22-40(23-21-39)31-16-8-3-9-17-31/h1-9,12-17,27,32-34H,10-11,18-26H2,(H,36,42)/t33-,34-/m0/s1. The van der Waals surface area contributed by atoms with Gasteiger partial charge in [0.05, 0.1) is 24.0 Å². The summed E-state index contributed by atoms with van der Waals surface area (Å²) in [5.41, 5.74) is 4.56. The average Bonchev–Trinajstić information content (AvgIpc) is 3.74. The van der Waals surface area contributed by atoms with Crippen LogP contribution in [0.25, 0.3) is 0 Å². The van der Waals surface area contributed by atoms with Crippen LogP contribution in [-0.4, -0.2) is 64.3 Å². The summed E-state index contributed by atoms with van der Waals surface area (Å²) < 4.78 is 7.82. The number of rotatable bonds is 11. The van der Waals surface area contributed by atoms with Gasteiger partial charge in [-0.3, -0.25) is 4.90 Å². The first kappa shape index (κ1) is 28.9. The number of nitrogens with zero attached hydrogens (tertiary/aromatic N) is 5. The van der Waals surface area contributed by atoms with Gasteiger partial charge in [-0.15, -0.1) is 5.10 Å². The number of anilines is 1. The minimum absolute atomic E-state index is 0.00489. The number of piperazine rings is 1. The van der Waals surface area contributed by atoms with E-state index in [1.165, 1.54) is 11.3 Å². The summed E-state index contributed by atoms with van der Waals surface area (Å²) in [6.45, 7) is 4.67. The first-order chi connectivity index (χ1) is 21.2. The van der Waals surface area contributed by atoms with Crippen molar-refractivity contribution >= 4 is 11.8 Å². The van der Waals surface area contributed by atoms with Crippen molar-refractivity contribution in [2.45, 2.75) is 63.3 Å². The first-order valence-electron chi connectivity index (χ1n) is 15.7. The van der Waals surface area contributed by atoms with Crippen LogP contribution in [0.4, 0.5) is 10.5 Å². The van der Waals surface area contributed by atoms with Crippen LogP contribution in [0.5, 0.6) is 0 Å². The van der Waals surface area contributed by atoms with Gasteiger partial charge in [0.15, 0.2) is 0 Å². The van der Waals surface area contributed by atoms with E-state index < -0.39 is 0 Å². The van der Waals surface area contributed by atoms with Gasteiger partial charge in [-0.1, -0.05) is 84.1 Å². The molecule has 2 heterocycles. The lowest BCUT2D eigenvalue weighted by Gasteiger charge is -2.35. The number of carbonyl (C=O) groups excluding carboxylic acids is 1. The highest BCUT2D eigenvalue weighted by atomic mass is 16.6. The highest BCUT2D eigenvalue weighted by molar-refractivity contribution is 5.68. The minimum Gasteiger partial charge on any atom is -0.446 e. The number of benzene rings is 3. The van der Waals surface area contributed by atoms with E-state index in [9.17, 15) is 4.79 Å². The lowest BCUT2D eigenvalue weighted by Crippen LogP contribution is -2.46. The van der Waals surface area contributed by atoms with Crippen molar-refractivity contribution in [3.63, 3.8) is 0 Å². The Bertz CT molecular complexity index is 1400. The molecule has 1 saturated carbocycles. The van der Waals surface area contributed by atoms with E-state index in [1.807, 2.05) is 28.9 Å². The van der Waals surface area contributed by atoms with Gasteiger partial charge in [0.25, 0.3) is 0 Å². The fourth-order valence-electron chi connectivity index (χ4n) is 6.35. The third-order valence-corrected chi connectivity index (χ3v) is 8.71. The van der Waals surface area contributed by atoms with Crippen molar-refractivity contribution < 1.29 is 9.53 Å². The molecule has 2 atom stereocenters. The van der Waals surface area contributed by atoms with Crippen molar-refractivity contribution in [3.05, 3.63) is 114 Å². The zero-order chi connectivity index (χ0) is 29.3. The Morgan fingerprint density at radius 1 is 0.814 bits per heavy atom. The number of nitrogens with one attached hydrogen (secondary N) is 1. The quantitative estimate of drug-likeness (QED) is 0.247. The fourth-order valence-corrected chi connectivity index (χ4v) is 6.35. The van der Waals surface area contributed by atoms with Crippen LogP contribution < -0.4 is 10.2 Å². The van der Waals surface area contributed by atoms with Crippen LogP contribution in [0.15, 0.2) is 97.2 Å². The Morgan fingerprint density at radius 2 is 1.42 bits per heavy atom. The number of alkyl carbamates (subject to hydrolysis) is 1. The zero-order valence-corrected chi connectivity index (χ0v) is 24.8. The normalized spacial score (nSPS) is 17.4. The second-order valence-corrected chi connectivity index (χ2v) is 11.8. The Kier molecular flexibility index (Phi) is 9.64. The van der Waals surface area contributed by atoms with Crippen molar-refractivity contribution in [2.75, 3.05) is 31.1 Å². The van der Waals surface area contributed by atoms with Crippen molar-refractivity contribution in [2.24, 2.45) is 0 Å². The van der Waals surface area contributed by atoms with Gasteiger partial charge in [0.1, 0.15) is 6.10 Å². The number of carbonyl (C=O) groups is 1. The number of ether oxygens (including phenoxy) is 1. The summed E-state index contributed by atoms with van der Waals surface area (Å²) in [6.07, 6.45) is 7.21. The maximum atomic E-state index is 13.2. The molecule has 0 unspecified atom stereocenters. The third kappa shape index (κ3) is 8.02. The first-order valence-corrected chi connectivity index (χ1v) is 15.7. The van der Waals surface area contributed by atoms with Gasteiger partial charge < -0.3 is 15.0 Å². The summed E-state index contributed by atoms with van der Waals surface area (Å²) >= 11 is 0. The molecule has 6 rings (SSSR count).